The number of rotatable bonds is 4. The van der Waals surface area contributed by atoms with Crippen molar-refractivity contribution in [2.24, 2.45) is 0 Å². The van der Waals surface area contributed by atoms with Gasteiger partial charge in [-0.3, -0.25) is 14.9 Å². The van der Waals surface area contributed by atoms with Gasteiger partial charge in [0.2, 0.25) is 10.0 Å². The molecule has 0 aliphatic carbocycles. The molecule has 2 aliphatic heterocycles. The molecule has 1 atom stereocenters. The fourth-order valence-electron chi connectivity index (χ4n) is 2.85. The first-order valence-corrected chi connectivity index (χ1v) is 10.4. The van der Waals surface area contributed by atoms with Crippen molar-refractivity contribution in [3.63, 3.8) is 0 Å². The Hall–Kier alpha value is -1.30. The number of aliphatic carboxylic acids is 1. The van der Waals surface area contributed by atoms with Gasteiger partial charge in [0.1, 0.15) is 6.04 Å². The van der Waals surface area contributed by atoms with Gasteiger partial charge in [0.05, 0.1) is 13.9 Å². The van der Waals surface area contributed by atoms with Crippen LogP contribution in [-0.4, -0.2) is 56.9 Å². The number of non-ortho nitro benzene ring substituents is 1. The van der Waals surface area contributed by atoms with Crippen LogP contribution < -0.4 is 0 Å². The summed E-state index contributed by atoms with van der Waals surface area (Å²) < 4.78 is 26.3. The van der Waals surface area contributed by atoms with Crippen LogP contribution >= 0.6 is 23.5 Å². The lowest BCUT2D eigenvalue weighted by Crippen LogP contribution is -2.40. The average molecular weight is 390 g/mol. The van der Waals surface area contributed by atoms with Crippen LogP contribution in [-0.2, 0) is 14.8 Å². The van der Waals surface area contributed by atoms with Crippen LogP contribution in [0.2, 0.25) is 0 Å². The van der Waals surface area contributed by atoms with Crippen molar-refractivity contribution in [1.82, 2.24) is 4.31 Å². The van der Waals surface area contributed by atoms with Crippen LogP contribution in [0.3, 0.4) is 0 Å². The van der Waals surface area contributed by atoms with E-state index in [1.807, 2.05) is 0 Å². The van der Waals surface area contributed by atoms with Gasteiger partial charge in [-0.05, 0) is 18.6 Å². The van der Waals surface area contributed by atoms with Crippen molar-refractivity contribution < 1.29 is 23.2 Å². The summed E-state index contributed by atoms with van der Waals surface area (Å²) in [5.41, 5.74) is -0.219. The maximum absolute atomic E-state index is 12.8. The van der Waals surface area contributed by atoms with Crippen LogP contribution in [0.5, 0.6) is 0 Å². The maximum Gasteiger partial charge on any atom is 0.322 e. The first-order valence-electron chi connectivity index (χ1n) is 7.02. The third-order valence-corrected chi connectivity index (χ3v) is 9.30. The van der Waals surface area contributed by atoms with E-state index in [1.165, 1.54) is 0 Å². The second-order valence-corrected chi connectivity index (χ2v) is 10.6. The fraction of sp³-hybridized carbons (Fsp3) is 0.462. The minimum absolute atomic E-state index is 0.124. The van der Waals surface area contributed by atoms with Gasteiger partial charge in [-0.1, -0.05) is 0 Å². The lowest BCUT2D eigenvalue weighted by Gasteiger charge is -2.22. The molecule has 1 N–H and O–H groups in total. The number of hydrogen-bond acceptors (Lipinski definition) is 7. The zero-order chi connectivity index (χ0) is 17.5. The molecular weight excluding hydrogens is 376 g/mol. The average Bonchev–Trinajstić information content (AvgIpc) is 3.15. The maximum atomic E-state index is 12.8. The Morgan fingerprint density at radius 2 is 1.88 bits per heavy atom. The molecule has 0 radical (unpaired) electrons. The monoisotopic (exact) mass is 390 g/mol. The van der Waals surface area contributed by atoms with Crippen LogP contribution in [0.15, 0.2) is 29.2 Å². The SMILES string of the molecule is O=C(O)[C@@H]1CC2(CN1S(=O)(=O)c1ccc([N+](=O)[O-])cc1)SCCS2. The highest BCUT2D eigenvalue weighted by molar-refractivity contribution is 8.21. The van der Waals surface area contributed by atoms with E-state index in [-0.39, 0.29) is 23.5 Å². The molecule has 2 fully saturated rings. The Bertz CT molecular complexity index is 773. The van der Waals surface area contributed by atoms with E-state index in [2.05, 4.69) is 0 Å². The number of carboxylic acids is 1. The minimum Gasteiger partial charge on any atom is -0.480 e. The Morgan fingerprint density at radius 1 is 1.29 bits per heavy atom. The molecule has 0 saturated carbocycles. The van der Waals surface area contributed by atoms with E-state index in [9.17, 15) is 28.4 Å². The molecule has 24 heavy (non-hydrogen) atoms. The number of carboxylic acid groups (broad SMARTS) is 1. The molecule has 8 nitrogen and oxygen atoms in total. The first kappa shape index (κ1) is 17.5. The summed E-state index contributed by atoms with van der Waals surface area (Å²) in [7, 11) is -4.04. The third-order valence-electron chi connectivity index (χ3n) is 4.00. The summed E-state index contributed by atoms with van der Waals surface area (Å²) in [5, 5.41) is 20.1. The summed E-state index contributed by atoms with van der Waals surface area (Å²) in [6.45, 7) is 0.124. The zero-order valence-corrected chi connectivity index (χ0v) is 14.8. The number of carbonyl (C=O) groups is 1. The Labute approximate surface area is 146 Å². The highest BCUT2D eigenvalue weighted by Crippen LogP contribution is 2.52. The van der Waals surface area contributed by atoms with Crippen molar-refractivity contribution in [3.8, 4) is 0 Å². The van der Waals surface area contributed by atoms with Crippen molar-refractivity contribution in [3.05, 3.63) is 34.4 Å². The smallest absolute Gasteiger partial charge is 0.322 e. The van der Waals surface area contributed by atoms with Gasteiger partial charge in [0, 0.05) is 30.2 Å². The van der Waals surface area contributed by atoms with Crippen LogP contribution in [0.4, 0.5) is 5.69 Å². The summed E-state index contributed by atoms with van der Waals surface area (Å²) in [4.78, 5) is 21.5. The highest BCUT2D eigenvalue weighted by Gasteiger charge is 2.53. The van der Waals surface area contributed by atoms with Crippen molar-refractivity contribution in [1.29, 1.82) is 0 Å². The standard InChI is InChI=1S/C13H14N2O6S3/c16-12(17)11-7-13(22-5-6-23-13)8-14(11)24(20,21)10-3-1-9(2-4-10)15(18)19/h1-4,11H,5-8H2,(H,16,17)/t11-/m0/s1. The molecular formula is C13H14N2O6S3. The summed E-state index contributed by atoms with van der Waals surface area (Å²) in [6, 6.07) is 3.38. The predicted molar refractivity (Wildman–Crippen MR) is 90.7 cm³/mol. The molecule has 1 aromatic carbocycles. The van der Waals surface area contributed by atoms with Crippen LogP contribution in [0.25, 0.3) is 0 Å². The first-order chi connectivity index (χ1) is 11.3. The molecule has 130 valence electrons. The molecule has 2 heterocycles. The quantitative estimate of drug-likeness (QED) is 0.609. The lowest BCUT2D eigenvalue weighted by atomic mass is 10.2. The van der Waals surface area contributed by atoms with E-state index in [0.29, 0.717) is 0 Å². The summed E-state index contributed by atoms with van der Waals surface area (Å²) >= 11 is 3.20. The molecule has 0 amide bonds. The highest BCUT2D eigenvalue weighted by atomic mass is 32.2. The number of benzene rings is 1. The third kappa shape index (κ3) is 3.01. The van der Waals surface area contributed by atoms with Gasteiger partial charge in [0.15, 0.2) is 0 Å². The van der Waals surface area contributed by atoms with E-state index < -0.39 is 31.0 Å². The summed E-state index contributed by atoms with van der Waals surface area (Å²) in [6.07, 6.45) is 0.254. The Kier molecular flexibility index (Phi) is 4.53. The van der Waals surface area contributed by atoms with Gasteiger partial charge in [-0.15, -0.1) is 23.5 Å². The lowest BCUT2D eigenvalue weighted by molar-refractivity contribution is -0.384. The molecule has 1 spiro atoms. The Balaban J connectivity index is 1.95. The second-order valence-electron chi connectivity index (χ2n) is 5.47. The molecule has 11 heteroatoms. The van der Waals surface area contributed by atoms with Gasteiger partial charge >= 0.3 is 5.97 Å². The normalized spacial score (nSPS) is 23.6. The molecule has 0 unspecified atom stereocenters. The van der Waals surface area contributed by atoms with E-state index in [0.717, 1.165) is 40.1 Å². The molecule has 0 aromatic heterocycles. The molecule has 0 bridgehead atoms. The molecule has 2 aliphatic rings. The van der Waals surface area contributed by atoms with Gasteiger partial charge in [-0.2, -0.15) is 4.31 Å². The fourth-order valence-corrected chi connectivity index (χ4v) is 7.91. The van der Waals surface area contributed by atoms with Gasteiger partial charge in [0.25, 0.3) is 5.69 Å². The number of sulfonamides is 1. The topological polar surface area (TPSA) is 118 Å². The predicted octanol–water partition coefficient (Wildman–Crippen LogP) is 1.62. The van der Waals surface area contributed by atoms with Gasteiger partial charge in [-0.25, -0.2) is 8.42 Å². The number of thioether (sulfide) groups is 2. The number of nitrogens with zero attached hydrogens (tertiary/aromatic N) is 2. The van der Waals surface area contributed by atoms with E-state index in [1.54, 1.807) is 23.5 Å². The van der Waals surface area contributed by atoms with Crippen LogP contribution in [0.1, 0.15) is 6.42 Å². The van der Waals surface area contributed by atoms with E-state index >= 15 is 0 Å². The van der Waals surface area contributed by atoms with E-state index in [4.69, 9.17) is 0 Å². The summed E-state index contributed by atoms with van der Waals surface area (Å²) in [5.74, 6) is 0.552. The zero-order valence-electron chi connectivity index (χ0n) is 12.3. The number of nitro benzene ring substituents is 1. The van der Waals surface area contributed by atoms with Gasteiger partial charge < -0.3 is 5.11 Å². The number of hydrogen-bond donors (Lipinski definition) is 1. The Morgan fingerprint density at radius 3 is 2.38 bits per heavy atom. The largest absolute Gasteiger partial charge is 0.480 e. The molecule has 3 rings (SSSR count). The van der Waals surface area contributed by atoms with Crippen molar-refractivity contribution >= 4 is 45.2 Å². The molecule has 1 aromatic rings. The number of nitro groups is 1. The molecule has 2 saturated heterocycles. The second kappa shape index (κ2) is 6.21. The van der Waals surface area contributed by atoms with Crippen molar-refractivity contribution in [2.45, 2.75) is 21.4 Å². The van der Waals surface area contributed by atoms with Crippen LogP contribution in [0, 0.1) is 10.1 Å². The van der Waals surface area contributed by atoms with Crippen molar-refractivity contribution in [2.75, 3.05) is 18.1 Å². The minimum atomic E-state index is -4.04.